The normalized spacial score (nSPS) is 12.7. The third-order valence-corrected chi connectivity index (χ3v) is 4.69. The summed E-state index contributed by atoms with van der Waals surface area (Å²) in [5, 5.41) is 9.42. The molecule has 0 N–H and O–H groups in total. The maximum atomic E-state index is 6.32. The van der Waals surface area contributed by atoms with Crippen LogP contribution >= 0.6 is 11.6 Å². The highest BCUT2D eigenvalue weighted by atomic mass is 35.5. The first-order chi connectivity index (χ1) is 13.2. The molecule has 0 aliphatic carbocycles. The molecular formula is C21H18ClN5. The largest absolute Gasteiger partial charge is 0.288 e. The first-order valence-electron chi connectivity index (χ1n) is 8.62. The number of aliphatic imine (C=N–C) groups is 1. The molecule has 1 aliphatic rings. The number of hydrogen-bond donors (Lipinski definition) is 0. The van der Waals surface area contributed by atoms with Crippen LogP contribution in [0.1, 0.15) is 22.8 Å². The van der Waals surface area contributed by atoms with Crippen molar-refractivity contribution in [3.05, 3.63) is 76.3 Å². The number of halogens is 1. The average molecular weight is 376 g/mol. The highest BCUT2D eigenvalue weighted by Gasteiger charge is 2.23. The van der Waals surface area contributed by atoms with Gasteiger partial charge < -0.3 is 0 Å². The zero-order chi connectivity index (χ0) is 18.8. The first kappa shape index (κ1) is 17.5. The minimum Gasteiger partial charge on any atom is -0.288 e. The van der Waals surface area contributed by atoms with Crippen molar-refractivity contribution in [1.29, 1.82) is 0 Å². The Labute approximate surface area is 163 Å². The molecule has 2 aromatic carbocycles. The van der Waals surface area contributed by atoms with Crippen LogP contribution in [-0.2, 0) is 13.1 Å². The molecule has 4 rings (SSSR count). The molecule has 6 heteroatoms. The molecule has 0 fully saturated rings. The summed E-state index contributed by atoms with van der Waals surface area (Å²) in [5.74, 6) is 4.29. The summed E-state index contributed by atoms with van der Waals surface area (Å²) < 4.78 is 2.07. The van der Waals surface area contributed by atoms with Crippen LogP contribution in [0.2, 0.25) is 5.02 Å². The molecule has 0 radical (unpaired) electrons. The molecule has 0 bridgehead atoms. The monoisotopic (exact) mass is 375 g/mol. The van der Waals surface area contributed by atoms with E-state index in [1.807, 2.05) is 48.3 Å². The number of aromatic nitrogens is 3. The van der Waals surface area contributed by atoms with Crippen LogP contribution in [-0.4, -0.2) is 39.0 Å². The van der Waals surface area contributed by atoms with Gasteiger partial charge in [-0.1, -0.05) is 47.9 Å². The maximum Gasteiger partial charge on any atom is 0.159 e. The van der Waals surface area contributed by atoms with Crippen LogP contribution in [0.3, 0.4) is 0 Å². The van der Waals surface area contributed by atoms with E-state index >= 15 is 0 Å². The maximum absolute atomic E-state index is 6.32. The van der Waals surface area contributed by atoms with Gasteiger partial charge >= 0.3 is 0 Å². The van der Waals surface area contributed by atoms with Gasteiger partial charge in [0.05, 0.1) is 24.5 Å². The van der Waals surface area contributed by atoms with Crippen molar-refractivity contribution in [3.63, 3.8) is 0 Å². The summed E-state index contributed by atoms with van der Waals surface area (Å²) in [5.41, 5.74) is 3.89. The third-order valence-electron chi connectivity index (χ3n) is 4.45. The van der Waals surface area contributed by atoms with Crippen molar-refractivity contribution in [2.75, 3.05) is 13.6 Å². The van der Waals surface area contributed by atoms with Crippen molar-refractivity contribution in [1.82, 2.24) is 19.7 Å². The van der Waals surface area contributed by atoms with E-state index in [-0.39, 0.29) is 0 Å². The Bertz CT molecular complexity index is 1050. The Balaban J connectivity index is 1.86. The summed E-state index contributed by atoms with van der Waals surface area (Å²) in [6.07, 6.45) is 5.43. The van der Waals surface area contributed by atoms with E-state index in [4.69, 9.17) is 23.0 Å². The molecule has 0 spiro atoms. The van der Waals surface area contributed by atoms with Gasteiger partial charge in [0, 0.05) is 16.1 Å². The Morgan fingerprint density at radius 2 is 2.00 bits per heavy atom. The van der Waals surface area contributed by atoms with Crippen LogP contribution in [0, 0.1) is 12.3 Å². The van der Waals surface area contributed by atoms with E-state index < -0.39 is 0 Å². The fourth-order valence-electron chi connectivity index (χ4n) is 3.26. The fourth-order valence-corrected chi connectivity index (χ4v) is 3.43. The standard InChI is InChI=1S/C21H18ClN5/c1-3-11-26(2)14-20-25-24-19-13-23-21(15-7-5-4-6-8-15)17-12-16(22)9-10-18(17)27(19)20/h1,4-10,12H,11,13-14H2,2H3. The van der Waals surface area contributed by atoms with Crippen molar-refractivity contribution < 1.29 is 0 Å². The molecule has 27 heavy (non-hydrogen) atoms. The minimum absolute atomic E-state index is 0.447. The van der Waals surface area contributed by atoms with Crippen LogP contribution in [0.15, 0.2) is 53.5 Å². The molecule has 5 nitrogen and oxygen atoms in total. The van der Waals surface area contributed by atoms with Gasteiger partial charge in [-0.05, 0) is 25.2 Å². The van der Waals surface area contributed by atoms with Gasteiger partial charge in [-0.15, -0.1) is 16.6 Å². The zero-order valence-corrected chi connectivity index (χ0v) is 15.7. The lowest BCUT2D eigenvalue weighted by Gasteiger charge is -2.16. The van der Waals surface area contributed by atoms with E-state index in [0.717, 1.165) is 34.2 Å². The second-order valence-electron chi connectivity index (χ2n) is 6.44. The number of rotatable bonds is 4. The van der Waals surface area contributed by atoms with E-state index in [1.54, 1.807) is 0 Å². The molecule has 0 saturated heterocycles. The summed E-state index contributed by atoms with van der Waals surface area (Å²) in [6.45, 7) is 1.59. The van der Waals surface area contributed by atoms with Crippen LogP contribution in [0.5, 0.6) is 0 Å². The number of hydrogen-bond acceptors (Lipinski definition) is 4. The zero-order valence-electron chi connectivity index (χ0n) is 14.9. The molecule has 0 saturated carbocycles. The molecule has 0 atom stereocenters. The van der Waals surface area contributed by atoms with Crippen LogP contribution < -0.4 is 0 Å². The van der Waals surface area contributed by atoms with Crippen molar-refractivity contribution in [2.24, 2.45) is 4.99 Å². The Morgan fingerprint density at radius 3 is 2.78 bits per heavy atom. The fraction of sp³-hybridized carbons (Fsp3) is 0.190. The van der Waals surface area contributed by atoms with Gasteiger partial charge in [0.2, 0.25) is 0 Å². The highest BCUT2D eigenvalue weighted by Crippen LogP contribution is 2.28. The van der Waals surface area contributed by atoms with E-state index in [0.29, 0.717) is 24.7 Å². The Kier molecular flexibility index (Phi) is 4.76. The quantitative estimate of drug-likeness (QED) is 0.657. The average Bonchev–Trinajstić information content (AvgIpc) is 2.98. The molecule has 1 aliphatic heterocycles. The van der Waals surface area contributed by atoms with Gasteiger partial charge in [-0.25, -0.2) is 0 Å². The number of terminal acetylenes is 1. The summed E-state index contributed by atoms with van der Waals surface area (Å²) in [6, 6.07) is 15.9. The van der Waals surface area contributed by atoms with E-state index in [2.05, 4.69) is 32.8 Å². The number of fused-ring (bicyclic) bond motifs is 3. The highest BCUT2D eigenvalue weighted by molar-refractivity contribution is 6.31. The minimum atomic E-state index is 0.447. The third kappa shape index (κ3) is 3.37. The van der Waals surface area contributed by atoms with Crippen molar-refractivity contribution in [2.45, 2.75) is 13.1 Å². The first-order valence-corrected chi connectivity index (χ1v) is 9.00. The van der Waals surface area contributed by atoms with E-state index in [9.17, 15) is 0 Å². The predicted molar refractivity (Wildman–Crippen MR) is 107 cm³/mol. The van der Waals surface area contributed by atoms with Gasteiger partial charge in [-0.3, -0.25) is 14.5 Å². The molecular weight excluding hydrogens is 358 g/mol. The Hall–Kier alpha value is -2.94. The van der Waals surface area contributed by atoms with Gasteiger partial charge in [0.25, 0.3) is 0 Å². The van der Waals surface area contributed by atoms with Crippen molar-refractivity contribution >= 4 is 17.3 Å². The lowest BCUT2D eigenvalue weighted by molar-refractivity contribution is 0.355. The lowest BCUT2D eigenvalue weighted by atomic mass is 10.0. The second-order valence-corrected chi connectivity index (χ2v) is 6.87. The number of benzene rings is 2. The second kappa shape index (κ2) is 7.36. The molecule has 0 unspecified atom stereocenters. The van der Waals surface area contributed by atoms with Gasteiger partial charge in [-0.2, -0.15) is 0 Å². The van der Waals surface area contributed by atoms with Crippen LogP contribution in [0.25, 0.3) is 5.69 Å². The molecule has 0 amide bonds. The summed E-state index contributed by atoms with van der Waals surface area (Å²) in [7, 11) is 1.97. The Morgan fingerprint density at radius 1 is 1.19 bits per heavy atom. The molecule has 1 aromatic heterocycles. The van der Waals surface area contributed by atoms with E-state index in [1.165, 1.54) is 0 Å². The van der Waals surface area contributed by atoms with Gasteiger partial charge in [0.1, 0.15) is 6.54 Å². The summed E-state index contributed by atoms with van der Waals surface area (Å²) in [4.78, 5) is 6.86. The van der Waals surface area contributed by atoms with Gasteiger partial charge in [0.15, 0.2) is 11.6 Å². The molecule has 2 heterocycles. The van der Waals surface area contributed by atoms with Crippen LogP contribution in [0.4, 0.5) is 0 Å². The lowest BCUT2D eigenvalue weighted by Crippen LogP contribution is -2.21. The summed E-state index contributed by atoms with van der Waals surface area (Å²) >= 11 is 6.32. The van der Waals surface area contributed by atoms with Crippen molar-refractivity contribution in [3.8, 4) is 18.0 Å². The number of nitrogens with zero attached hydrogens (tertiary/aromatic N) is 5. The topological polar surface area (TPSA) is 46.3 Å². The SMILES string of the molecule is C#CCN(C)Cc1nnc2n1-c1ccc(Cl)cc1C(c1ccccc1)=NC2. The molecule has 134 valence electrons. The predicted octanol–water partition coefficient (Wildman–Crippen LogP) is 3.34. The smallest absolute Gasteiger partial charge is 0.159 e. The molecule has 3 aromatic rings.